The van der Waals surface area contributed by atoms with Crippen molar-refractivity contribution in [1.29, 1.82) is 0 Å². The number of aromatic hydroxyl groups is 1. The lowest BCUT2D eigenvalue weighted by atomic mass is 10.3. The van der Waals surface area contributed by atoms with E-state index in [-0.39, 0.29) is 5.75 Å². The van der Waals surface area contributed by atoms with Crippen LogP contribution in [0.15, 0.2) is 42.6 Å². The second kappa shape index (κ2) is 7.50. The third-order valence-electron chi connectivity index (χ3n) is 3.09. The molecule has 1 aromatic carbocycles. The minimum absolute atomic E-state index is 0.109. The van der Waals surface area contributed by atoms with Crippen LogP contribution < -0.4 is 19.8 Å². The average molecular weight is 289 g/mol. The summed E-state index contributed by atoms with van der Waals surface area (Å²) in [5.41, 5.74) is 6.42. The lowest BCUT2D eigenvalue weighted by Gasteiger charge is -2.09. The minimum atomic E-state index is 0.109. The van der Waals surface area contributed by atoms with Crippen molar-refractivity contribution in [3.8, 4) is 17.2 Å². The van der Waals surface area contributed by atoms with Crippen LogP contribution in [0.1, 0.15) is 12.1 Å². The Bertz CT molecular complexity index is 573. The third-order valence-corrected chi connectivity index (χ3v) is 3.09. The predicted octanol–water partition coefficient (Wildman–Crippen LogP) is 1.52. The average Bonchev–Trinajstić information content (AvgIpc) is 2.51. The fourth-order valence-corrected chi connectivity index (χ4v) is 1.92. The van der Waals surface area contributed by atoms with Gasteiger partial charge in [0, 0.05) is 6.42 Å². The monoisotopic (exact) mass is 289 g/mol. The largest absolute Gasteiger partial charge is 0.504 e. The molecule has 0 aliphatic rings. The Morgan fingerprint density at radius 3 is 2.57 bits per heavy atom. The first-order valence-electron chi connectivity index (χ1n) is 6.93. The van der Waals surface area contributed by atoms with Crippen LogP contribution in [0, 0.1) is 0 Å². The summed E-state index contributed by atoms with van der Waals surface area (Å²) in [6.07, 6.45) is 2.46. The Balaban J connectivity index is 1.77. The highest BCUT2D eigenvalue weighted by atomic mass is 16.5. The topological polar surface area (TPSA) is 68.6 Å². The summed E-state index contributed by atoms with van der Waals surface area (Å²) in [6.45, 7) is 1.41. The summed E-state index contributed by atoms with van der Waals surface area (Å²) in [5.74, 6) is 1.41. The standard InChI is InChI=1S/C16H20N2O3/c1-18-12-16(15(19)10-13(18)11-17)21-9-5-8-20-14-6-3-2-4-7-14/h2-4,6-7,10,12H,5,8-9,11,17H2,1H3/p+1. The molecule has 5 nitrogen and oxygen atoms in total. The van der Waals surface area contributed by atoms with Gasteiger partial charge in [-0.25, -0.2) is 4.57 Å². The van der Waals surface area contributed by atoms with E-state index in [9.17, 15) is 5.11 Å². The molecule has 21 heavy (non-hydrogen) atoms. The van der Waals surface area contributed by atoms with Crippen molar-refractivity contribution in [3.05, 3.63) is 48.3 Å². The van der Waals surface area contributed by atoms with Gasteiger partial charge in [-0.2, -0.15) is 0 Å². The van der Waals surface area contributed by atoms with Crippen molar-refractivity contribution in [2.24, 2.45) is 12.8 Å². The number of para-hydroxylation sites is 1. The number of nitrogens with zero attached hydrogens (tertiary/aromatic N) is 1. The highest BCUT2D eigenvalue weighted by Gasteiger charge is 2.13. The summed E-state index contributed by atoms with van der Waals surface area (Å²) in [7, 11) is 1.87. The molecule has 0 fully saturated rings. The van der Waals surface area contributed by atoms with E-state index in [2.05, 4.69) is 0 Å². The smallest absolute Gasteiger partial charge is 0.225 e. The van der Waals surface area contributed by atoms with E-state index in [1.807, 2.05) is 41.9 Å². The Morgan fingerprint density at radius 2 is 1.86 bits per heavy atom. The van der Waals surface area contributed by atoms with Gasteiger partial charge in [0.1, 0.15) is 12.8 Å². The van der Waals surface area contributed by atoms with Gasteiger partial charge in [-0.3, -0.25) is 0 Å². The van der Waals surface area contributed by atoms with Gasteiger partial charge >= 0.3 is 0 Å². The summed E-state index contributed by atoms with van der Waals surface area (Å²) in [4.78, 5) is 0. The molecule has 0 spiro atoms. The molecule has 0 aliphatic heterocycles. The minimum Gasteiger partial charge on any atom is -0.504 e. The molecule has 1 aromatic heterocycles. The number of benzene rings is 1. The van der Waals surface area contributed by atoms with E-state index in [4.69, 9.17) is 15.2 Å². The van der Waals surface area contributed by atoms with Gasteiger partial charge < -0.3 is 20.3 Å². The molecule has 0 atom stereocenters. The molecule has 2 aromatic rings. The molecular weight excluding hydrogens is 268 g/mol. The number of hydrogen-bond acceptors (Lipinski definition) is 4. The molecule has 1 heterocycles. The first-order valence-corrected chi connectivity index (χ1v) is 6.93. The fourth-order valence-electron chi connectivity index (χ4n) is 1.92. The summed E-state index contributed by atoms with van der Waals surface area (Å²) in [5, 5.41) is 9.86. The van der Waals surface area contributed by atoms with E-state index in [0.29, 0.717) is 25.5 Å². The Kier molecular flexibility index (Phi) is 5.40. The molecule has 3 N–H and O–H groups in total. The zero-order valence-electron chi connectivity index (χ0n) is 12.2. The maximum absolute atomic E-state index is 9.86. The zero-order valence-corrected chi connectivity index (χ0v) is 12.2. The Morgan fingerprint density at radius 1 is 1.14 bits per heavy atom. The molecule has 0 bridgehead atoms. The predicted molar refractivity (Wildman–Crippen MR) is 79.2 cm³/mol. The number of rotatable bonds is 7. The van der Waals surface area contributed by atoms with Gasteiger partial charge in [0.25, 0.3) is 0 Å². The quantitative estimate of drug-likeness (QED) is 0.599. The highest BCUT2D eigenvalue weighted by molar-refractivity contribution is 5.35. The van der Waals surface area contributed by atoms with Crippen LogP contribution in [0.2, 0.25) is 0 Å². The van der Waals surface area contributed by atoms with Crippen LogP contribution >= 0.6 is 0 Å². The number of aryl methyl sites for hydroxylation is 1. The maximum atomic E-state index is 9.86. The number of pyridine rings is 1. The number of nitrogens with two attached hydrogens (primary N) is 1. The first-order chi connectivity index (χ1) is 10.2. The SMILES string of the molecule is C[n+]1cc(OCCCOc2ccccc2)c(O)cc1CN. The summed E-state index contributed by atoms with van der Waals surface area (Å²) < 4.78 is 13.0. The molecule has 0 unspecified atom stereocenters. The van der Waals surface area contributed by atoms with Gasteiger partial charge in [-0.1, -0.05) is 18.2 Å². The van der Waals surface area contributed by atoms with E-state index < -0.39 is 0 Å². The van der Waals surface area contributed by atoms with Crippen LogP contribution in [0.25, 0.3) is 0 Å². The van der Waals surface area contributed by atoms with E-state index >= 15 is 0 Å². The molecule has 0 amide bonds. The summed E-state index contributed by atoms with van der Waals surface area (Å²) >= 11 is 0. The van der Waals surface area contributed by atoms with Crippen LogP contribution in [-0.2, 0) is 13.6 Å². The lowest BCUT2D eigenvalue weighted by Crippen LogP contribution is -2.34. The fraction of sp³-hybridized carbons (Fsp3) is 0.312. The van der Waals surface area contributed by atoms with Crippen molar-refractivity contribution in [2.45, 2.75) is 13.0 Å². The van der Waals surface area contributed by atoms with Crippen molar-refractivity contribution < 1.29 is 19.1 Å². The number of ether oxygens (including phenoxy) is 2. The molecule has 0 saturated heterocycles. The van der Waals surface area contributed by atoms with E-state index in [1.165, 1.54) is 0 Å². The Labute approximate surface area is 124 Å². The lowest BCUT2D eigenvalue weighted by molar-refractivity contribution is -0.679. The van der Waals surface area contributed by atoms with Crippen LogP contribution in [0.5, 0.6) is 17.2 Å². The van der Waals surface area contributed by atoms with Crippen molar-refractivity contribution in [3.63, 3.8) is 0 Å². The van der Waals surface area contributed by atoms with Gasteiger partial charge in [0.15, 0.2) is 11.4 Å². The van der Waals surface area contributed by atoms with Crippen LogP contribution in [0.3, 0.4) is 0 Å². The number of hydrogen-bond donors (Lipinski definition) is 2. The van der Waals surface area contributed by atoms with Crippen molar-refractivity contribution in [2.75, 3.05) is 13.2 Å². The second-order valence-corrected chi connectivity index (χ2v) is 4.69. The number of aromatic nitrogens is 1. The molecule has 5 heteroatoms. The van der Waals surface area contributed by atoms with Crippen LogP contribution in [0.4, 0.5) is 0 Å². The van der Waals surface area contributed by atoms with Crippen molar-refractivity contribution >= 4 is 0 Å². The molecular formula is C16H21N2O3+. The van der Waals surface area contributed by atoms with E-state index in [1.54, 1.807) is 12.3 Å². The van der Waals surface area contributed by atoms with Crippen LogP contribution in [-0.4, -0.2) is 18.3 Å². The van der Waals surface area contributed by atoms with Crippen molar-refractivity contribution in [1.82, 2.24) is 0 Å². The van der Waals surface area contributed by atoms with Gasteiger partial charge in [0.05, 0.1) is 25.8 Å². The molecule has 0 saturated carbocycles. The zero-order chi connectivity index (χ0) is 15.1. The van der Waals surface area contributed by atoms with Gasteiger partial charge in [0.2, 0.25) is 11.9 Å². The summed E-state index contributed by atoms with van der Waals surface area (Å²) in [6, 6.07) is 11.3. The van der Waals surface area contributed by atoms with Gasteiger partial charge in [-0.15, -0.1) is 0 Å². The van der Waals surface area contributed by atoms with E-state index in [0.717, 1.165) is 17.9 Å². The molecule has 0 aliphatic carbocycles. The first kappa shape index (κ1) is 15.1. The molecule has 0 radical (unpaired) electrons. The third kappa shape index (κ3) is 4.36. The Hall–Kier alpha value is -2.27. The van der Waals surface area contributed by atoms with Gasteiger partial charge in [-0.05, 0) is 12.1 Å². The normalized spacial score (nSPS) is 10.4. The highest BCUT2D eigenvalue weighted by Crippen LogP contribution is 2.24. The maximum Gasteiger partial charge on any atom is 0.225 e. The second-order valence-electron chi connectivity index (χ2n) is 4.69. The molecule has 112 valence electrons. The molecule has 2 rings (SSSR count).